The second-order valence-electron chi connectivity index (χ2n) is 5.88. The summed E-state index contributed by atoms with van der Waals surface area (Å²) < 4.78 is 43.6. The largest absolute Gasteiger partial charge is 0.573 e. The van der Waals surface area contributed by atoms with Crippen LogP contribution in [0.15, 0.2) is 67.3 Å². The van der Waals surface area contributed by atoms with Gasteiger partial charge >= 0.3 is 6.36 Å². The second kappa shape index (κ2) is 7.23. The van der Waals surface area contributed by atoms with E-state index in [9.17, 15) is 18.0 Å². The average Bonchev–Trinajstić information content (AvgIpc) is 3.11. The highest BCUT2D eigenvalue weighted by molar-refractivity contribution is 6.08. The van der Waals surface area contributed by atoms with Crippen LogP contribution in [0.2, 0.25) is 0 Å². The van der Waals surface area contributed by atoms with E-state index in [1.807, 2.05) is 0 Å². The van der Waals surface area contributed by atoms with Gasteiger partial charge < -0.3 is 10.1 Å². The second-order valence-corrected chi connectivity index (χ2v) is 5.88. The molecule has 3 heterocycles. The highest BCUT2D eigenvalue weighted by Crippen LogP contribution is 2.33. The maximum atomic E-state index is 12.7. The summed E-state index contributed by atoms with van der Waals surface area (Å²) in [6.45, 7) is 0. The van der Waals surface area contributed by atoms with Gasteiger partial charge in [0.25, 0.3) is 5.91 Å². The molecule has 0 aliphatic heterocycles. The molecule has 0 saturated carbocycles. The number of anilines is 1. The number of nitrogens with one attached hydrogen (secondary N) is 1. The first-order chi connectivity index (χ1) is 13.9. The van der Waals surface area contributed by atoms with Crippen LogP contribution in [0.1, 0.15) is 10.4 Å². The van der Waals surface area contributed by atoms with Crippen LogP contribution >= 0.6 is 0 Å². The van der Waals surface area contributed by atoms with Gasteiger partial charge in [-0.25, -0.2) is 9.50 Å². The molecule has 4 rings (SSSR count). The Kier molecular flexibility index (Phi) is 4.59. The molecule has 29 heavy (non-hydrogen) atoms. The topological polar surface area (TPSA) is 81.4 Å². The average molecular weight is 399 g/mol. The number of amides is 1. The third-order valence-electron chi connectivity index (χ3n) is 3.92. The Morgan fingerprint density at radius 3 is 2.66 bits per heavy atom. The number of benzene rings is 1. The molecular formula is C19H12F3N5O2. The molecule has 0 aliphatic carbocycles. The normalized spacial score (nSPS) is 11.4. The summed E-state index contributed by atoms with van der Waals surface area (Å²) in [4.78, 5) is 20.8. The van der Waals surface area contributed by atoms with Crippen molar-refractivity contribution >= 4 is 17.2 Å². The molecule has 0 spiro atoms. The lowest BCUT2D eigenvalue weighted by Crippen LogP contribution is -2.17. The van der Waals surface area contributed by atoms with Gasteiger partial charge in [-0.05, 0) is 30.3 Å². The van der Waals surface area contributed by atoms with Crippen molar-refractivity contribution in [1.29, 1.82) is 0 Å². The summed E-state index contributed by atoms with van der Waals surface area (Å²) in [6.07, 6.45) is 1.04. The van der Waals surface area contributed by atoms with E-state index < -0.39 is 18.0 Å². The molecule has 7 nitrogen and oxygen atoms in total. The van der Waals surface area contributed by atoms with Crippen molar-refractivity contribution < 1.29 is 22.7 Å². The zero-order valence-electron chi connectivity index (χ0n) is 14.6. The van der Waals surface area contributed by atoms with Gasteiger partial charge in [0.1, 0.15) is 11.3 Å². The Morgan fingerprint density at radius 1 is 1.07 bits per heavy atom. The molecule has 1 N–H and O–H groups in total. The van der Waals surface area contributed by atoms with Crippen LogP contribution in [0.25, 0.3) is 16.9 Å². The molecule has 0 radical (unpaired) electrons. The van der Waals surface area contributed by atoms with Crippen molar-refractivity contribution in [3.05, 3.63) is 72.8 Å². The summed E-state index contributed by atoms with van der Waals surface area (Å²) in [5.41, 5.74) is 1.16. The number of alkyl halides is 3. The van der Waals surface area contributed by atoms with Crippen LogP contribution in [0.5, 0.6) is 5.75 Å². The van der Waals surface area contributed by atoms with E-state index in [1.54, 1.807) is 24.4 Å². The minimum absolute atomic E-state index is 0.132. The SMILES string of the molecule is O=C(Nc1cccnc1)c1cnn2ccc(-c3ccccc3OC(F)(F)F)nc12. The molecule has 0 atom stereocenters. The minimum Gasteiger partial charge on any atom is -0.405 e. The third-order valence-corrected chi connectivity index (χ3v) is 3.92. The van der Waals surface area contributed by atoms with E-state index in [2.05, 4.69) is 25.1 Å². The van der Waals surface area contributed by atoms with Crippen molar-refractivity contribution in [1.82, 2.24) is 19.6 Å². The smallest absolute Gasteiger partial charge is 0.405 e. The molecule has 0 unspecified atom stereocenters. The number of rotatable bonds is 4. The van der Waals surface area contributed by atoms with Crippen molar-refractivity contribution in [2.24, 2.45) is 0 Å². The molecular weight excluding hydrogens is 387 g/mol. The van der Waals surface area contributed by atoms with Crippen molar-refractivity contribution in [3.8, 4) is 17.0 Å². The summed E-state index contributed by atoms with van der Waals surface area (Å²) in [5.74, 6) is -0.866. The maximum Gasteiger partial charge on any atom is 0.573 e. The zero-order valence-corrected chi connectivity index (χ0v) is 14.6. The van der Waals surface area contributed by atoms with E-state index in [0.29, 0.717) is 5.69 Å². The molecule has 1 aromatic carbocycles. The standard InChI is InChI=1S/C19H12F3N5O2/c20-19(21,22)29-16-6-2-1-5-13(16)15-7-9-27-17(26-15)14(11-24-27)18(28)25-12-4-3-8-23-10-12/h1-11H,(H,25,28). The van der Waals surface area contributed by atoms with Gasteiger partial charge in [-0.15, -0.1) is 13.2 Å². The van der Waals surface area contributed by atoms with Crippen molar-refractivity contribution in [2.75, 3.05) is 5.32 Å². The van der Waals surface area contributed by atoms with E-state index in [-0.39, 0.29) is 22.5 Å². The number of para-hydroxylation sites is 1. The Morgan fingerprint density at radius 2 is 1.90 bits per heavy atom. The lowest BCUT2D eigenvalue weighted by molar-refractivity contribution is -0.274. The number of pyridine rings is 1. The van der Waals surface area contributed by atoms with Gasteiger partial charge in [0.2, 0.25) is 0 Å². The van der Waals surface area contributed by atoms with Crippen molar-refractivity contribution in [3.63, 3.8) is 0 Å². The van der Waals surface area contributed by atoms with E-state index in [4.69, 9.17) is 0 Å². The predicted molar refractivity (Wildman–Crippen MR) is 97.3 cm³/mol. The first-order valence-corrected chi connectivity index (χ1v) is 8.31. The van der Waals surface area contributed by atoms with E-state index in [0.717, 1.165) is 0 Å². The fourth-order valence-corrected chi connectivity index (χ4v) is 2.71. The fraction of sp³-hybridized carbons (Fsp3) is 0.0526. The number of hydrogen-bond donors (Lipinski definition) is 1. The molecule has 146 valence electrons. The Bertz CT molecular complexity index is 1180. The number of aromatic nitrogens is 4. The lowest BCUT2D eigenvalue weighted by atomic mass is 10.1. The van der Waals surface area contributed by atoms with Crippen LogP contribution in [0.3, 0.4) is 0 Å². The number of ether oxygens (including phenoxy) is 1. The quantitative estimate of drug-likeness (QED) is 0.562. The van der Waals surface area contributed by atoms with Gasteiger partial charge in [-0.1, -0.05) is 12.1 Å². The number of nitrogens with zero attached hydrogens (tertiary/aromatic N) is 4. The number of halogens is 3. The molecule has 1 amide bonds. The number of hydrogen-bond acceptors (Lipinski definition) is 5. The highest BCUT2D eigenvalue weighted by atomic mass is 19.4. The number of fused-ring (bicyclic) bond motifs is 1. The Labute approximate surface area is 161 Å². The molecule has 3 aromatic heterocycles. The van der Waals surface area contributed by atoms with Gasteiger partial charge in [-0.3, -0.25) is 9.78 Å². The van der Waals surface area contributed by atoms with Crippen LogP contribution in [0.4, 0.5) is 18.9 Å². The molecule has 10 heteroatoms. The monoisotopic (exact) mass is 399 g/mol. The number of carbonyl (C=O) groups excluding carboxylic acids is 1. The maximum absolute atomic E-state index is 12.7. The van der Waals surface area contributed by atoms with Crippen LogP contribution in [-0.2, 0) is 0 Å². The van der Waals surface area contributed by atoms with Crippen LogP contribution < -0.4 is 10.1 Å². The van der Waals surface area contributed by atoms with Crippen LogP contribution in [-0.4, -0.2) is 31.9 Å². The first kappa shape index (κ1) is 18.4. The summed E-state index contributed by atoms with van der Waals surface area (Å²) in [7, 11) is 0. The molecule has 0 bridgehead atoms. The Hall–Kier alpha value is -3.95. The lowest BCUT2D eigenvalue weighted by Gasteiger charge is -2.13. The van der Waals surface area contributed by atoms with Gasteiger partial charge in [-0.2, -0.15) is 5.10 Å². The van der Waals surface area contributed by atoms with E-state index in [1.165, 1.54) is 47.4 Å². The summed E-state index contributed by atoms with van der Waals surface area (Å²) in [6, 6.07) is 10.5. The molecule has 0 saturated heterocycles. The summed E-state index contributed by atoms with van der Waals surface area (Å²) in [5, 5.41) is 6.73. The van der Waals surface area contributed by atoms with Crippen molar-refractivity contribution in [2.45, 2.75) is 6.36 Å². The van der Waals surface area contributed by atoms with E-state index >= 15 is 0 Å². The zero-order chi connectivity index (χ0) is 20.4. The minimum atomic E-state index is -4.84. The van der Waals surface area contributed by atoms with Gasteiger partial charge in [0.15, 0.2) is 5.65 Å². The molecule has 0 fully saturated rings. The van der Waals surface area contributed by atoms with Crippen LogP contribution in [0, 0.1) is 0 Å². The predicted octanol–water partition coefficient (Wildman–Crippen LogP) is 3.94. The Balaban J connectivity index is 1.72. The first-order valence-electron chi connectivity index (χ1n) is 8.31. The molecule has 0 aliphatic rings. The molecule has 4 aromatic rings. The highest BCUT2D eigenvalue weighted by Gasteiger charge is 2.32. The summed E-state index contributed by atoms with van der Waals surface area (Å²) >= 11 is 0. The number of carbonyl (C=O) groups is 1. The fourth-order valence-electron chi connectivity index (χ4n) is 2.71. The van der Waals surface area contributed by atoms with Gasteiger partial charge in [0, 0.05) is 18.0 Å². The third kappa shape index (κ3) is 4.00. The van der Waals surface area contributed by atoms with Gasteiger partial charge in [0.05, 0.1) is 23.8 Å².